The third-order valence-electron chi connectivity index (χ3n) is 6.03. The summed E-state index contributed by atoms with van der Waals surface area (Å²) in [7, 11) is -3.86. The molecule has 1 saturated heterocycles. The number of rotatable bonds is 10. The number of carbonyl (C=O) groups is 1. The summed E-state index contributed by atoms with van der Waals surface area (Å²) in [6.07, 6.45) is -2.56. The van der Waals surface area contributed by atoms with Gasteiger partial charge in [0.05, 0.1) is 18.9 Å². The standard InChI is InChI=1S/C24H32N5O8P/c1-15(2)36-21(31)16(3)28-38(34,13-17-8-6-5-7-9-17)35-12-18-20(30)23(4,33)24(14-25,37-18)29-11-10-19(26)27-22(29)32/h5-11,15-16,18,20,30,33H,12-13H2,1-4H3,(H,28,34)(H2,26,27,32)/t16-,18+,20+,23+,24+,38-/m0/s1. The number of aliphatic hydroxyl groups is 2. The second-order valence-corrected chi connectivity index (χ2v) is 11.6. The van der Waals surface area contributed by atoms with E-state index < -0.39 is 61.5 Å². The quantitative estimate of drug-likeness (QED) is 0.241. The largest absolute Gasteiger partial charge is 0.462 e. The van der Waals surface area contributed by atoms with Crippen LogP contribution in [0.3, 0.4) is 0 Å². The highest BCUT2D eigenvalue weighted by Crippen LogP contribution is 2.49. The van der Waals surface area contributed by atoms with Crippen LogP contribution in [0.25, 0.3) is 0 Å². The van der Waals surface area contributed by atoms with Gasteiger partial charge >= 0.3 is 11.7 Å². The molecular weight excluding hydrogens is 517 g/mol. The van der Waals surface area contributed by atoms with E-state index in [0.717, 1.165) is 17.7 Å². The van der Waals surface area contributed by atoms with E-state index in [2.05, 4.69) is 10.1 Å². The molecule has 2 aromatic rings. The van der Waals surface area contributed by atoms with Gasteiger partial charge in [0.1, 0.15) is 30.1 Å². The molecule has 206 valence electrons. The number of nitriles is 1. The van der Waals surface area contributed by atoms with Crippen LogP contribution >= 0.6 is 7.52 Å². The Bertz CT molecular complexity index is 1290. The molecular formula is C24H32N5O8P. The average Bonchev–Trinajstić information content (AvgIpc) is 3.03. The molecule has 0 radical (unpaired) electrons. The third kappa shape index (κ3) is 5.96. The zero-order chi connectivity index (χ0) is 28.3. The van der Waals surface area contributed by atoms with Crippen LogP contribution in [0.1, 0.15) is 33.3 Å². The highest BCUT2D eigenvalue weighted by Gasteiger charge is 2.65. The molecule has 5 N–H and O–H groups in total. The first-order valence-corrected chi connectivity index (χ1v) is 13.7. The second-order valence-electron chi connectivity index (χ2n) is 9.46. The monoisotopic (exact) mass is 549 g/mol. The van der Waals surface area contributed by atoms with Crippen LogP contribution in [-0.4, -0.2) is 62.3 Å². The van der Waals surface area contributed by atoms with Crippen molar-refractivity contribution in [2.24, 2.45) is 0 Å². The number of ether oxygens (including phenoxy) is 2. The molecule has 1 aliphatic rings. The van der Waals surface area contributed by atoms with Gasteiger partial charge in [0.15, 0.2) is 5.60 Å². The Morgan fingerprint density at radius 1 is 1.34 bits per heavy atom. The summed E-state index contributed by atoms with van der Waals surface area (Å²) in [4.78, 5) is 28.4. The van der Waals surface area contributed by atoms with E-state index in [1.165, 1.54) is 13.0 Å². The molecule has 0 saturated carbocycles. The molecule has 6 atom stereocenters. The molecule has 2 heterocycles. The van der Waals surface area contributed by atoms with Crippen molar-refractivity contribution in [2.45, 2.75) is 69.5 Å². The summed E-state index contributed by atoms with van der Waals surface area (Å²) in [5, 5.41) is 34.7. The number of aliphatic hydroxyl groups excluding tert-OH is 1. The Hall–Kier alpha value is -3.11. The number of nitrogens with one attached hydrogen (secondary N) is 1. The van der Waals surface area contributed by atoms with Gasteiger partial charge in [0, 0.05) is 6.20 Å². The second kappa shape index (κ2) is 11.3. The number of anilines is 1. The van der Waals surface area contributed by atoms with Gasteiger partial charge in [-0.15, -0.1) is 0 Å². The lowest BCUT2D eigenvalue weighted by molar-refractivity contribution is -0.151. The maximum absolute atomic E-state index is 13.9. The number of benzene rings is 1. The Morgan fingerprint density at radius 2 is 2.00 bits per heavy atom. The van der Waals surface area contributed by atoms with Crippen molar-refractivity contribution < 1.29 is 33.6 Å². The maximum atomic E-state index is 13.9. The van der Waals surface area contributed by atoms with E-state index in [1.807, 2.05) is 0 Å². The molecule has 1 aliphatic heterocycles. The summed E-state index contributed by atoms with van der Waals surface area (Å²) < 4.78 is 31.3. The van der Waals surface area contributed by atoms with E-state index in [0.29, 0.717) is 5.56 Å². The molecule has 0 spiro atoms. The third-order valence-corrected chi connectivity index (χ3v) is 8.16. The summed E-state index contributed by atoms with van der Waals surface area (Å²) in [6.45, 7) is 5.38. The molecule has 1 fully saturated rings. The van der Waals surface area contributed by atoms with Crippen molar-refractivity contribution in [2.75, 3.05) is 12.3 Å². The van der Waals surface area contributed by atoms with Gasteiger partial charge < -0.3 is 29.9 Å². The fraction of sp³-hybridized carbons (Fsp3) is 0.500. The van der Waals surface area contributed by atoms with Gasteiger partial charge in [-0.05, 0) is 39.3 Å². The van der Waals surface area contributed by atoms with Crippen LogP contribution in [0.2, 0.25) is 0 Å². The van der Waals surface area contributed by atoms with Gasteiger partial charge in [0.25, 0.3) is 13.2 Å². The molecule has 14 heteroatoms. The number of hydrogen-bond donors (Lipinski definition) is 4. The summed E-state index contributed by atoms with van der Waals surface area (Å²) in [6, 6.07) is 10.7. The topological polar surface area (TPSA) is 199 Å². The SMILES string of the molecule is CC(C)OC(=O)[C@H](C)N[P@](=O)(Cc1ccccc1)OC[C@H]1O[C@@](C#N)(n2ccc(N)nc2=O)[C@](C)(O)[C@@H]1O. The van der Waals surface area contributed by atoms with Gasteiger partial charge in [-0.3, -0.25) is 13.9 Å². The number of carbonyl (C=O) groups excluding carboxylic acids is 1. The summed E-state index contributed by atoms with van der Waals surface area (Å²) >= 11 is 0. The first-order chi connectivity index (χ1) is 17.7. The van der Waals surface area contributed by atoms with Crippen LogP contribution in [0.4, 0.5) is 5.82 Å². The molecule has 3 rings (SSSR count). The average molecular weight is 550 g/mol. The fourth-order valence-electron chi connectivity index (χ4n) is 4.07. The minimum Gasteiger partial charge on any atom is -0.462 e. The molecule has 0 aliphatic carbocycles. The summed E-state index contributed by atoms with van der Waals surface area (Å²) in [5.41, 5.74) is 0.458. The van der Waals surface area contributed by atoms with Crippen molar-refractivity contribution in [3.8, 4) is 6.07 Å². The van der Waals surface area contributed by atoms with E-state index in [1.54, 1.807) is 50.2 Å². The van der Waals surface area contributed by atoms with Crippen LogP contribution < -0.4 is 16.5 Å². The number of esters is 1. The van der Waals surface area contributed by atoms with Crippen molar-refractivity contribution >= 4 is 19.3 Å². The Kier molecular flexibility index (Phi) is 8.78. The smallest absolute Gasteiger partial charge is 0.352 e. The number of nitrogen functional groups attached to an aromatic ring is 1. The molecule has 0 bridgehead atoms. The molecule has 0 amide bonds. The zero-order valence-corrected chi connectivity index (χ0v) is 22.4. The first kappa shape index (κ1) is 29.4. The van der Waals surface area contributed by atoms with Crippen LogP contribution in [0.5, 0.6) is 0 Å². The molecule has 0 unspecified atom stereocenters. The highest BCUT2D eigenvalue weighted by atomic mass is 31.2. The maximum Gasteiger partial charge on any atom is 0.352 e. The van der Waals surface area contributed by atoms with E-state index in [-0.39, 0.29) is 12.0 Å². The predicted molar refractivity (Wildman–Crippen MR) is 136 cm³/mol. The fourth-order valence-corrected chi connectivity index (χ4v) is 6.10. The van der Waals surface area contributed by atoms with Crippen LogP contribution in [0.15, 0.2) is 47.4 Å². The van der Waals surface area contributed by atoms with Crippen molar-refractivity contribution in [3.05, 3.63) is 58.6 Å². The van der Waals surface area contributed by atoms with Gasteiger partial charge in [-0.2, -0.15) is 10.2 Å². The molecule has 13 nitrogen and oxygen atoms in total. The Balaban J connectivity index is 1.88. The number of nitrogens with zero attached hydrogens (tertiary/aromatic N) is 3. The van der Waals surface area contributed by atoms with E-state index in [9.17, 15) is 29.6 Å². The first-order valence-electron chi connectivity index (χ1n) is 11.9. The zero-order valence-electron chi connectivity index (χ0n) is 21.5. The minimum atomic E-state index is -3.86. The van der Waals surface area contributed by atoms with Crippen LogP contribution in [0, 0.1) is 11.3 Å². The van der Waals surface area contributed by atoms with Crippen LogP contribution in [-0.2, 0) is 35.2 Å². The van der Waals surface area contributed by atoms with Gasteiger partial charge in [-0.1, -0.05) is 30.3 Å². The van der Waals surface area contributed by atoms with Gasteiger partial charge in [0.2, 0.25) is 0 Å². The minimum absolute atomic E-state index is 0.115. The highest BCUT2D eigenvalue weighted by molar-refractivity contribution is 7.56. The lowest BCUT2D eigenvalue weighted by atomic mass is 9.88. The van der Waals surface area contributed by atoms with Crippen molar-refractivity contribution in [1.29, 1.82) is 5.26 Å². The van der Waals surface area contributed by atoms with E-state index in [4.69, 9.17) is 19.7 Å². The van der Waals surface area contributed by atoms with Gasteiger partial charge in [-0.25, -0.2) is 9.88 Å². The lowest BCUT2D eigenvalue weighted by Crippen LogP contribution is -2.57. The number of aromatic nitrogens is 2. The number of hydrogen-bond acceptors (Lipinski definition) is 11. The number of nitrogens with two attached hydrogens (primary N) is 1. The lowest BCUT2D eigenvalue weighted by Gasteiger charge is -2.34. The predicted octanol–water partition coefficient (Wildman–Crippen LogP) is 0.852. The molecule has 38 heavy (non-hydrogen) atoms. The van der Waals surface area contributed by atoms with Crippen molar-refractivity contribution in [1.82, 2.24) is 14.6 Å². The summed E-state index contributed by atoms with van der Waals surface area (Å²) in [5.74, 6) is -0.758. The Labute approximate surface area is 219 Å². The Morgan fingerprint density at radius 3 is 2.58 bits per heavy atom. The van der Waals surface area contributed by atoms with E-state index >= 15 is 0 Å². The molecule has 1 aromatic carbocycles. The normalized spacial score (nSPS) is 27.4. The van der Waals surface area contributed by atoms with Crippen molar-refractivity contribution in [3.63, 3.8) is 0 Å². The molecule has 1 aromatic heterocycles.